The Morgan fingerprint density at radius 1 is 1.08 bits per heavy atom. The smallest absolute Gasteiger partial charge is 0.115 e. The molecule has 0 bridgehead atoms. The molecule has 1 aromatic rings. The van der Waals surface area contributed by atoms with Gasteiger partial charge in [0.2, 0.25) is 0 Å². The summed E-state index contributed by atoms with van der Waals surface area (Å²) < 4.78 is 5.01. The van der Waals surface area contributed by atoms with Crippen LogP contribution < -0.4 is 5.32 Å². The minimum Gasteiger partial charge on any atom is -0.379 e. The molecule has 0 radical (unpaired) electrons. The first kappa shape index (κ1) is 9.09. The molecule has 66 valence electrons. The molecule has 1 aliphatic rings. The van der Waals surface area contributed by atoms with Crippen molar-refractivity contribution in [1.29, 1.82) is 0 Å². The van der Waals surface area contributed by atoms with E-state index in [0.29, 0.717) is 0 Å². The highest BCUT2D eigenvalue weighted by atomic mass is 16.5. The second-order valence-electron chi connectivity index (χ2n) is 2.27. The maximum Gasteiger partial charge on any atom is 0.115 e. The molecule has 0 atom stereocenters. The van der Waals surface area contributed by atoms with Gasteiger partial charge in [0.05, 0.1) is 13.2 Å². The van der Waals surface area contributed by atoms with Crippen LogP contribution in [0.15, 0.2) is 24.8 Å². The fourth-order valence-corrected chi connectivity index (χ4v) is 0.769. The maximum absolute atomic E-state index is 5.01. The Morgan fingerprint density at radius 2 is 1.75 bits per heavy atom. The van der Waals surface area contributed by atoms with Crippen LogP contribution in [0.5, 0.6) is 0 Å². The SMILES string of the molecule is C1COCCN1.c1cncnc1. The van der Waals surface area contributed by atoms with Gasteiger partial charge in [-0.2, -0.15) is 0 Å². The molecule has 1 fully saturated rings. The molecule has 2 heterocycles. The predicted molar refractivity (Wildman–Crippen MR) is 45.7 cm³/mol. The van der Waals surface area contributed by atoms with Gasteiger partial charge in [-0.1, -0.05) is 0 Å². The molecule has 1 N–H and O–H groups in total. The highest BCUT2D eigenvalue weighted by molar-refractivity contribution is 4.74. The Balaban J connectivity index is 0.000000120. The zero-order chi connectivity index (χ0) is 8.49. The number of nitrogens with zero attached hydrogens (tertiary/aromatic N) is 2. The molecule has 0 aromatic carbocycles. The number of aromatic nitrogens is 2. The molecule has 0 saturated carbocycles. The van der Waals surface area contributed by atoms with Gasteiger partial charge < -0.3 is 10.1 Å². The van der Waals surface area contributed by atoms with E-state index in [1.165, 1.54) is 6.33 Å². The fraction of sp³-hybridized carbons (Fsp3) is 0.500. The van der Waals surface area contributed by atoms with E-state index < -0.39 is 0 Å². The summed E-state index contributed by atoms with van der Waals surface area (Å²) in [7, 11) is 0. The lowest BCUT2D eigenvalue weighted by Gasteiger charge is -2.10. The summed E-state index contributed by atoms with van der Waals surface area (Å²) in [6.07, 6.45) is 4.88. The van der Waals surface area contributed by atoms with Crippen molar-refractivity contribution in [3.05, 3.63) is 24.8 Å². The van der Waals surface area contributed by atoms with Crippen LogP contribution in [0.4, 0.5) is 0 Å². The van der Waals surface area contributed by atoms with Crippen LogP contribution in [0.25, 0.3) is 0 Å². The van der Waals surface area contributed by atoms with Crippen molar-refractivity contribution in [2.45, 2.75) is 0 Å². The van der Waals surface area contributed by atoms with Crippen LogP contribution in [0.1, 0.15) is 0 Å². The van der Waals surface area contributed by atoms with Crippen molar-refractivity contribution in [3.8, 4) is 0 Å². The second kappa shape index (κ2) is 6.69. The Labute approximate surface area is 72.0 Å². The van der Waals surface area contributed by atoms with Crippen LogP contribution in [0.3, 0.4) is 0 Å². The van der Waals surface area contributed by atoms with E-state index in [0.717, 1.165) is 26.3 Å². The van der Waals surface area contributed by atoms with Gasteiger partial charge in [0.15, 0.2) is 0 Å². The first-order chi connectivity index (χ1) is 6.00. The van der Waals surface area contributed by atoms with Gasteiger partial charge in [0.25, 0.3) is 0 Å². The number of morpholine rings is 1. The first-order valence-electron chi connectivity index (χ1n) is 3.98. The Morgan fingerprint density at radius 3 is 1.92 bits per heavy atom. The Kier molecular flexibility index (Phi) is 5.07. The van der Waals surface area contributed by atoms with Gasteiger partial charge in [0, 0.05) is 25.5 Å². The van der Waals surface area contributed by atoms with Crippen LogP contribution in [0, 0.1) is 0 Å². The summed E-state index contributed by atoms with van der Waals surface area (Å²) in [5, 5.41) is 3.16. The summed E-state index contributed by atoms with van der Waals surface area (Å²) >= 11 is 0. The average molecular weight is 167 g/mol. The molecule has 0 amide bonds. The van der Waals surface area contributed by atoms with Gasteiger partial charge in [-0.15, -0.1) is 0 Å². The summed E-state index contributed by atoms with van der Waals surface area (Å²) in [6.45, 7) is 3.83. The minimum atomic E-state index is 0.889. The van der Waals surface area contributed by atoms with Gasteiger partial charge in [0.1, 0.15) is 6.33 Å². The molecule has 4 nitrogen and oxygen atoms in total. The Hall–Kier alpha value is -1.00. The van der Waals surface area contributed by atoms with Gasteiger partial charge in [-0.3, -0.25) is 0 Å². The highest BCUT2D eigenvalue weighted by Crippen LogP contribution is 1.76. The molecule has 0 spiro atoms. The van der Waals surface area contributed by atoms with Crippen LogP contribution >= 0.6 is 0 Å². The predicted octanol–water partition coefficient (Wildman–Crippen LogP) is 0.0828. The third-order valence-electron chi connectivity index (χ3n) is 1.32. The average Bonchev–Trinajstić information content (AvgIpc) is 2.24. The van der Waals surface area contributed by atoms with E-state index in [9.17, 15) is 0 Å². The standard InChI is InChI=1S/C4H4N2.C4H9NO/c1-2-5-4-6-3-1;1-3-6-4-2-5-1/h1-4H;5H,1-4H2. The topological polar surface area (TPSA) is 47.0 Å². The van der Waals surface area contributed by atoms with Gasteiger partial charge >= 0.3 is 0 Å². The lowest BCUT2D eigenvalue weighted by atomic mass is 10.5. The molecular weight excluding hydrogens is 154 g/mol. The number of ether oxygens (including phenoxy) is 1. The molecule has 12 heavy (non-hydrogen) atoms. The molecule has 1 saturated heterocycles. The van der Waals surface area contributed by atoms with Crippen molar-refractivity contribution >= 4 is 0 Å². The van der Waals surface area contributed by atoms with E-state index in [2.05, 4.69) is 15.3 Å². The number of hydrogen-bond acceptors (Lipinski definition) is 4. The number of hydrogen-bond donors (Lipinski definition) is 1. The van der Waals surface area contributed by atoms with E-state index in [4.69, 9.17) is 4.74 Å². The Bertz CT molecular complexity index is 139. The minimum absolute atomic E-state index is 0.889. The van der Waals surface area contributed by atoms with Crippen LogP contribution in [-0.4, -0.2) is 36.3 Å². The first-order valence-corrected chi connectivity index (χ1v) is 3.98. The van der Waals surface area contributed by atoms with Crippen molar-refractivity contribution in [2.75, 3.05) is 26.3 Å². The molecule has 1 aliphatic heterocycles. The molecule has 4 heteroatoms. The summed E-state index contributed by atoms with van der Waals surface area (Å²) in [5.41, 5.74) is 0. The van der Waals surface area contributed by atoms with Gasteiger partial charge in [-0.05, 0) is 6.07 Å². The molecule has 1 aromatic heterocycles. The third kappa shape index (κ3) is 4.76. The quantitative estimate of drug-likeness (QED) is 0.594. The highest BCUT2D eigenvalue weighted by Gasteiger charge is 1.92. The van der Waals surface area contributed by atoms with Crippen molar-refractivity contribution in [1.82, 2.24) is 15.3 Å². The summed E-state index contributed by atoms with van der Waals surface area (Å²) in [6, 6.07) is 1.78. The molecule has 0 aliphatic carbocycles. The third-order valence-corrected chi connectivity index (χ3v) is 1.32. The monoisotopic (exact) mass is 167 g/mol. The van der Waals surface area contributed by atoms with Crippen LogP contribution in [-0.2, 0) is 4.74 Å². The summed E-state index contributed by atoms with van der Waals surface area (Å²) in [5.74, 6) is 0. The van der Waals surface area contributed by atoms with E-state index >= 15 is 0 Å². The zero-order valence-electron chi connectivity index (χ0n) is 6.94. The largest absolute Gasteiger partial charge is 0.379 e. The second-order valence-corrected chi connectivity index (χ2v) is 2.27. The molecular formula is C8H13N3O. The number of rotatable bonds is 0. The maximum atomic E-state index is 5.01. The number of nitrogens with one attached hydrogen (secondary N) is 1. The zero-order valence-corrected chi connectivity index (χ0v) is 6.94. The van der Waals surface area contributed by atoms with Gasteiger partial charge in [-0.25, -0.2) is 9.97 Å². The molecule has 2 rings (SSSR count). The summed E-state index contributed by atoms with van der Waals surface area (Å²) in [4.78, 5) is 7.35. The fourth-order valence-electron chi connectivity index (χ4n) is 0.769. The van der Waals surface area contributed by atoms with Crippen molar-refractivity contribution < 1.29 is 4.74 Å². The van der Waals surface area contributed by atoms with E-state index in [-0.39, 0.29) is 0 Å². The lowest BCUT2D eigenvalue weighted by Crippen LogP contribution is -2.30. The lowest BCUT2D eigenvalue weighted by molar-refractivity contribution is 0.109. The van der Waals surface area contributed by atoms with Crippen molar-refractivity contribution in [2.24, 2.45) is 0 Å². The van der Waals surface area contributed by atoms with E-state index in [1.54, 1.807) is 18.5 Å². The molecule has 0 unspecified atom stereocenters. The van der Waals surface area contributed by atoms with Crippen LogP contribution in [0.2, 0.25) is 0 Å². The normalized spacial score (nSPS) is 16.0. The van der Waals surface area contributed by atoms with E-state index in [1.807, 2.05) is 0 Å². The van der Waals surface area contributed by atoms with Crippen molar-refractivity contribution in [3.63, 3.8) is 0 Å².